The molecule has 0 aromatic heterocycles. The van der Waals surface area contributed by atoms with Gasteiger partial charge in [0.2, 0.25) is 0 Å². The number of hydrogen-bond acceptors (Lipinski definition) is 4. The number of rotatable bonds is 8. The Balaban J connectivity index is 1.45. The number of esters is 1. The van der Waals surface area contributed by atoms with E-state index in [-0.39, 0.29) is 5.97 Å². The van der Waals surface area contributed by atoms with Crippen LogP contribution in [-0.2, 0) is 11.2 Å². The third-order valence-corrected chi connectivity index (χ3v) is 6.15. The molecule has 0 N–H and O–H groups in total. The molecule has 4 nitrogen and oxygen atoms in total. The molecule has 0 unspecified atom stereocenters. The lowest BCUT2D eigenvalue weighted by Gasteiger charge is -2.15. The molecule has 3 aromatic carbocycles. The standard InChI is InChI=1S/C28H31NO3/c1-21-19-22(9-14-26(21)28(30)31-2)20-24-7-3-4-8-27(24)23-10-12-25(13-11-23)32-18-17-29-15-5-6-16-29/h3-4,7-14,19H,5-6,15-18,20H2,1-2H3. The molecule has 1 aliphatic rings. The summed E-state index contributed by atoms with van der Waals surface area (Å²) in [4.78, 5) is 14.3. The lowest BCUT2D eigenvalue weighted by atomic mass is 9.93. The normalized spacial score (nSPS) is 13.8. The summed E-state index contributed by atoms with van der Waals surface area (Å²) in [6.45, 7) is 6.08. The second-order valence-corrected chi connectivity index (χ2v) is 8.40. The summed E-state index contributed by atoms with van der Waals surface area (Å²) in [6.07, 6.45) is 3.42. The van der Waals surface area contributed by atoms with E-state index in [0.717, 1.165) is 30.9 Å². The zero-order valence-electron chi connectivity index (χ0n) is 19.0. The van der Waals surface area contributed by atoms with Gasteiger partial charge in [0.1, 0.15) is 12.4 Å². The molecule has 1 heterocycles. The molecule has 0 aliphatic carbocycles. The fraction of sp³-hybridized carbons (Fsp3) is 0.321. The molecule has 1 saturated heterocycles. The summed E-state index contributed by atoms with van der Waals surface area (Å²) >= 11 is 0. The Kier molecular flexibility index (Phi) is 7.23. The molecule has 0 bridgehead atoms. The van der Waals surface area contributed by atoms with E-state index in [1.165, 1.54) is 55.3 Å². The van der Waals surface area contributed by atoms with Crippen molar-refractivity contribution in [1.82, 2.24) is 4.90 Å². The third-order valence-electron chi connectivity index (χ3n) is 6.15. The smallest absolute Gasteiger partial charge is 0.338 e. The number of likely N-dealkylation sites (tertiary alicyclic amines) is 1. The largest absolute Gasteiger partial charge is 0.492 e. The number of hydrogen-bond donors (Lipinski definition) is 0. The molecule has 4 heteroatoms. The highest BCUT2D eigenvalue weighted by atomic mass is 16.5. The van der Waals surface area contributed by atoms with Gasteiger partial charge in [0.25, 0.3) is 0 Å². The van der Waals surface area contributed by atoms with Crippen LogP contribution in [0.25, 0.3) is 11.1 Å². The molecule has 0 radical (unpaired) electrons. The van der Waals surface area contributed by atoms with E-state index in [1.54, 1.807) is 0 Å². The second kappa shape index (κ2) is 10.5. The molecule has 3 aromatic rings. The summed E-state index contributed by atoms with van der Waals surface area (Å²) in [5.41, 5.74) is 6.36. The minimum Gasteiger partial charge on any atom is -0.492 e. The van der Waals surface area contributed by atoms with Gasteiger partial charge in [-0.3, -0.25) is 4.90 Å². The maximum absolute atomic E-state index is 11.9. The second-order valence-electron chi connectivity index (χ2n) is 8.40. The first-order chi connectivity index (χ1) is 15.6. The highest BCUT2D eigenvalue weighted by molar-refractivity contribution is 5.91. The topological polar surface area (TPSA) is 38.8 Å². The van der Waals surface area contributed by atoms with Crippen LogP contribution in [0.4, 0.5) is 0 Å². The lowest BCUT2D eigenvalue weighted by Crippen LogP contribution is -2.25. The van der Waals surface area contributed by atoms with Crippen LogP contribution >= 0.6 is 0 Å². The van der Waals surface area contributed by atoms with Crippen LogP contribution in [0.5, 0.6) is 5.75 Å². The van der Waals surface area contributed by atoms with Gasteiger partial charge in [-0.2, -0.15) is 0 Å². The van der Waals surface area contributed by atoms with Crippen molar-refractivity contribution in [2.24, 2.45) is 0 Å². The number of carbonyl (C=O) groups is 1. The molecule has 4 rings (SSSR count). The van der Waals surface area contributed by atoms with Gasteiger partial charge in [-0.15, -0.1) is 0 Å². The van der Waals surface area contributed by atoms with Gasteiger partial charge in [-0.25, -0.2) is 4.79 Å². The zero-order valence-corrected chi connectivity index (χ0v) is 19.0. The lowest BCUT2D eigenvalue weighted by molar-refractivity contribution is 0.0600. The van der Waals surface area contributed by atoms with Crippen molar-refractivity contribution in [3.05, 3.63) is 89.0 Å². The van der Waals surface area contributed by atoms with Crippen LogP contribution in [0.3, 0.4) is 0 Å². The van der Waals surface area contributed by atoms with E-state index in [4.69, 9.17) is 9.47 Å². The maximum Gasteiger partial charge on any atom is 0.338 e. The van der Waals surface area contributed by atoms with Crippen LogP contribution in [0.1, 0.15) is 39.9 Å². The molecule has 32 heavy (non-hydrogen) atoms. The zero-order chi connectivity index (χ0) is 22.3. The van der Waals surface area contributed by atoms with E-state index in [9.17, 15) is 4.79 Å². The van der Waals surface area contributed by atoms with Gasteiger partial charge in [-0.05, 0) is 85.3 Å². The number of aryl methyl sites for hydroxylation is 1. The number of nitrogens with zero attached hydrogens (tertiary/aromatic N) is 1. The maximum atomic E-state index is 11.9. The molecular weight excluding hydrogens is 398 g/mol. The van der Waals surface area contributed by atoms with Crippen LogP contribution in [0.15, 0.2) is 66.7 Å². The first kappa shape index (κ1) is 22.1. The molecule has 0 spiro atoms. The minimum atomic E-state index is -0.294. The fourth-order valence-electron chi connectivity index (χ4n) is 4.38. The monoisotopic (exact) mass is 429 g/mol. The van der Waals surface area contributed by atoms with E-state index in [1.807, 2.05) is 19.1 Å². The molecular formula is C28H31NO3. The molecule has 1 fully saturated rings. The van der Waals surface area contributed by atoms with Crippen molar-refractivity contribution >= 4 is 5.97 Å². The Morgan fingerprint density at radius 3 is 2.44 bits per heavy atom. The van der Waals surface area contributed by atoms with Crippen molar-refractivity contribution in [2.75, 3.05) is 33.4 Å². The Morgan fingerprint density at radius 1 is 0.969 bits per heavy atom. The summed E-state index contributed by atoms with van der Waals surface area (Å²) in [7, 11) is 1.41. The van der Waals surface area contributed by atoms with Gasteiger partial charge < -0.3 is 9.47 Å². The average Bonchev–Trinajstić information content (AvgIpc) is 3.33. The average molecular weight is 430 g/mol. The van der Waals surface area contributed by atoms with Crippen molar-refractivity contribution in [3.63, 3.8) is 0 Å². The number of methoxy groups -OCH3 is 1. The molecule has 0 atom stereocenters. The van der Waals surface area contributed by atoms with Gasteiger partial charge >= 0.3 is 5.97 Å². The molecule has 0 saturated carbocycles. The highest BCUT2D eigenvalue weighted by Gasteiger charge is 2.12. The van der Waals surface area contributed by atoms with E-state index in [0.29, 0.717) is 5.56 Å². The Bertz CT molecular complexity index is 1050. The van der Waals surface area contributed by atoms with E-state index < -0.39 is 0 Å². The SMILES string of the molecule is COC(=O)c1ccc(Cc2ccccc2-c2ccc(OCCN3CCCC3)cc2)cc1C. The highest BCUT2D eigenvalue weighted by Crippen LogP contribution is 2.28. The predicted octanol–water partition coefficient (Wildman–Crippen LogP) is 5.51. The van der Waals surface area contributed by atoms with Crippen LogP contribution < -0.4 is 4.74 Å². The first-order valence-corrected chi connectivity index (χ1v) is 11.4. The van der Waals surface area contributed by atoms with E-state index >= 15 is 0 Å². The number of carbonyl (C=O) groups excluding carboxylic acids is 1. The van der Waals surface area contributed by atoms with Crippen LogP contribution in [0.2, 0.25) is 0 Å². The van der Waals surface area contributed by atoms with Gasteiger partial charge in [0.05, 0.1) is 12.7 Å². The van der Waals surface area contributed by atoms with Gasteiger partial charge in [0.15, 0.2) is 0 Å². The summed E-state index contributed by atoms with van der Waals surface area (Å²) in [6, 6.07) is 22.8. The fourth-order valence-corrected chi connectivity index (χ4v) is 4.38. The van der Waals surface area contributed by atoms with E-state index in [2.05, 4.69) is 59.5 Å². The van der Waals surface area contributed by atoms with Crippen LogP contribution in [0, 0.1) is 6.92 Å². The Labute approximate surface area is 190 Å². The number of benzene rings is 3. The van der Waals surface area contributed by atoms with Crippen LogP contribution in [-0.4, -0.2) is 44.2 Å². The minimum absolute atomic E-state index is 0.294. The number of ether oxygens (including phenoxy) is 2. The third kappa shape index (κ3) is 5.38. The Hall–Kier alpha value is -3.11. The van der Waals surface area contributed by atoms with Gasteiger partial charge in [0, 0.05) is 6.54 Å². The molecule has 0 amide bonds. The van der Waals surface area contributed by atoms with Crippen molar-refractivity contribution in [2.45, 2.75) is 26.2 Å². The summed E-state index contributed by atoms with van der Waals surface area (Å²) < 4.78 is 10.8. The quantitative estimate of drug-likeness (QED) is 0.442. The molecule has 166 valence electrons. The predicted molar refractivity (Wildman–Crippen MR) is 128 cm³/mol. The summed E-state index contributed by atoms with van der Waals surface area (Å²) in [5.74, 6) is 0.622. The van der Waals surface area contributed by atoms with Crippen molar-refractivity contribution in [3.8, 4) is 16.9 Å². The van der Waals surface area contributed by atoms with Crippen molar-refractivity contribution in [1.29, 1.82) is 0 Å². The van der Waals surface area contributed by atoms with Gasteiger partial charge in [-0.1, -0.05) is 48.5 Å². The summed E-state index contributed by atoms with van der Waals surface area (Å²) in [5, 5.41) is 0. The molecule has 1 aliphatic heterocycles. The van der Waals surface area contributed by atoms with Crippen molar-refractivity contribution < 1.29 is 14.3 Å². The first-order valence-electron chi connectivity index (χ1n) is 11.4. The Morgan fingerprint density at radius 2 is 1.72 bits per heavy atom.